The highest BCUT2D eigenvalue weighted by atomic mass is 32.1. The Labute approximate surface area is 133 Å². The fourth-order valence-electron chi connectivity index (χ4n) is 2.23. The number of carbonyl (C=O) groups excluding carboxylic acids is 2. The molecule has 1 heterocycles. The molecule has 0 aliphatic rings. The average molecular weight is 321 g/mol. The first-order valence-corrected chi connectivity index (χ1v) is 7.72. The highest BCUT2D eigenvalue weighted by molar-refractivity contribution is 7.20. The van der Waals surface area contributed by atoms with E-state index in [1.807, 2.05) is 25.2 Å². The topological polar surface area (TPSA) is 64.6 Å². The van der Waals surface area contributed by atoms with Crippen LogP contribution >= 0.6 is 11.3 Å². The lowest BCUT2D eigenvalue weighted by Crippen LogP contribution is -2.16. The first-order chi connectivity index (χ1) is 10.5. The summed E-state index contributed by atoms with van der Waals surface area (Å²) in [5, 5.41) is 4.02. The Morgan fingerprint density at radius 2 is 2.00 bits per heavy atom. The van der Waals surface area contributed by atoms with E-state index in [0.717, 1.165) is 21.5 Å². The average Bonchev–Trinajstić information content (AvgIpc) is 2.95. The van der Waals surface area contributed by atoms with Crippen molar-refractivity contribution in [2.24, 2.45) is 5.92 Å². The monoisotopic (exact) mass is 321 g/mol. The van der Waals surface area contributed by atoms with Crippen LogP contribution in [0.2, 0.25) is 0 Å². The lowest BCUT2D eigenvalue weighted by molar-refractivity contribution is -0.144. The molecule has 0 bridgehead atoms. The van der Waals surface area contributed by atoms with Gasteiger partial charge in [-0.15, -0.1) is 11.3 Å². The molecule has 22 heavy (non-hydrogen) atoms. The van der Waals surface area contributed by atoms with Crippen LogP contribution in [0.3, 0.4) is 0 Å². The number of fused-ring (bicyclic) bond motifs is 1. The molecular weight excluding hydrogens is 302 g/mol. The number of hydrogen-bond donors (Lipinski definition) is 1. The Morgan fingerprint density at radius 1 is 1.27 bits per heavy atom. The molecule has 1 atom stereocenters. The van der Waals surface area contributed by atoms with Crippen LogP contribution in [-0.4, -0.2) is 33.0 Å². The largest absolute Gasteiger partial charge is 0.495 e. The minimum absolute atomic E-state index is 0.0518. The van der Waals surface area contributed by atoms with Crippen molar-refractivity contribution in [3.05, 3.63) is 23.1 Å². The van der Waals surface area contributed by atoms with Gasteiger partial charge < -0.3 is 14.8 Å². The molecule has 0 aliphatic carbocycles. The van der Waals surface area contributed by atoms with Gasteiger partial charge in [0.15, 0.2) is 5.78 Å². The first-order valence-electron chi connectivity index (χ1n) is 6.90. The van der Waals surface area contributed by atoms with Crippen LogP contribution in [0.1, 0.15) is 23.0 Å². The number of esters is 1. The van der Waals surface area contributed by atoms with Gasteiger partial charge in [-0.25, -0.2) is 0 Å². The molecule has 6 heteroatoms. The quantitative estimate of drug-likeness (QED) is 0.653. The molecule has 0 unspecified atom stereocenters. The van der Waals surface area contributed by atoms with Crippen molar-refractivity contribution in [1.82, 2.24) is 0 Å². The Hall–Kier alpha value is -2.08. The van der Waals surface area contributed by atoms with E-state index in [0.29, 0.717) is 4.88 Å². The number of anilines is 1. The van der Waals surface area contributed by atoms with Crippen LogP contribution in [0.5, 0.6) is 5.75 Å². The zero-order chi connectivity index (χ0) is 16.3. The van der Waals surface area contributed by atoms with Crippen molar-refractivity contribution in [1.29, 1.82) is 0 Å². The molecule has 1 N–H and O–H groups in total. The lowest BCUT2D eigenvalue weighted by atomic mass is 10.0. The second-order valence-electron chi connectivity index (χ2n) is 5.00. The van der Waals surface area contributed by atoms with Crippen LogP contribution < -0.4 is 10.1 Å². The maximum absolute atomic E-state index is 12.3. The van der Waals surface area contributed by atoms with Crippen molar-refractivity contribution in [2.45, 2.75) is 13.3 Å². The normalized spacial score (nSPS) is 12.0. The van der Waals surface area contributed by atoms with Gasteiger partial charge in [-0.05, 0) is 23.6 Å². The predicted octanol–water partition coefficient (Wildman–Crippen LogP) is 3.33. The van der Waals surface area contributed by atoms with E-state index in [2.05, 4.69) is 10.1 Å². The second kappa shape index (κ2) is 6.79. The Balaban J connectivity index is 2.29. The molecule has 0 amide bonds. The third-order valence-electron chi connectivity index (χ3n) is 3.48. The van der Waals surface area contributed by atoms with E-state index >= 15 is 0 Å². The Kier molecular flexibility index (Phi) is 5.03. The number of hydrogen-bond acceptors (Lipinski definition) is 6. The summed E-state index contributed by atoms with van der Waals surface area (Å²) >= 11 is 1.42. The van der Waals surface area contributed by atoms with Crippen molar-refractivity contribution in [3.63, 3.8) is 0 Å². The van der Waals surface area contributed by atoms with Gasteiger partial charge >= 0.3 is 5.97 Å². The van der Waals surface area contributed by atoms with Gasteiger partial charge in [-0.1, -0.05) is 6.92 Å². The molecule has 0 saturated carbocycles. The minimum atomic E-state index is -0.440. The van der Waals surface area contributed by atoms with Gasteiger partial charge in [-0.3, -0.25) is 9.59 Å². The molecule has 5 nitrogen and oxygen atoms in total. The number of thiophene rings is 1. The minimum Gasteiger partial charge on any atom is -0.495 e. The molecular formula is C16H19NO4S. The van der Waals surface area contributed by atoms with Gasteiger partial charge in [0.1, 0.15) is 5.75 Å². The van der Waals surface area contributed by atoms with Crippen LogP contribution in [0.4, 0.5) is 5.69 Å². The zero-order valence-electron chi connectivity index (χ0n) is 13.1. The molecule has 0 aliphatic heterocycles. The lowest BCUT2D eigenvalue weighted by Gasteiger charge is -2.07. The Bertz CT molecular complexity index is 666. The summed E-state index contributed by atoms with van der Waals surface area (Å²) in [6.07, 6.45) is 0.148. The number of benzene rings is 1. The number of methoxy groups -OCH3 is 2. The van der Waals surface area contributed by atoms with E-state index in [1.165, 1.54) is 18.4 Å². The van der Waals surface area contributed by atoms with Gasteiger partial charge in [0.05, 0.1) is 30.7 Å². The van der Waals surface area contributed by atoms with Gasteiger partial charge in [0.25, 0.3) is 0 Å². The summed E-state index contributed by atoms with van der Waals surface area (Å²) in [6, 6.07) is 5.70. The number of nitrogens with one attached hydrogen (secondary N) is 1. The van der Waals surface area contributed by atoms with Gasteiger partial charge in [0, 0.05) is 18.2 Å². The van der Waals surface area contributed by atoms with E-state index in [9.17, 15) is 9.59 Å². The summed E-state index contributed by atoms with van der Waals surface area (Å²) in [7, 11) is 4.76. The smallest absolute Gasteiger partial charge is 0.308 e. The van der Waals surface area contributed by atoms with E-state index < -0.39 is 5.92 Å². The molecule has 0 radical (unpaired) electrons. The number of carbonyl (C=O) groups is 2. The second-order valence-corrected chi connectivity index (χ2v) is 6.09. The number of rotatable bonds is 6. The van der Waals surface area contributed by atoms with E-state index in [-0.39, 0.29) is 18.2 Å². The number of ether oxygens (including phenoxy) is 2. The standard InChI is InChI=1S/C16H19NO4S/c1-9(16(19)21-4)5-12(18)15-7-10-6-13(20-3)11(17-2)8-14(10)22-15/h6-9,17H,5H2,1-4H3/t9-/m0/s1. The van der Waals surface area contributed by atoms with Crippen LogP contribution in [-0.2, 0) is 9.53 Å². The summed E-state index contributed by atoms with van der Waals surface area (Å²) in [5.74, 6) is -0.127. The molecule has 1 aromatic heterocycles. The molecule has 0 fully saturated rings. The fraction of sp³-hybridized carbons (Fsp3) is 0.375. The Morgan fingerprint density at radius 3 is 2.59 bits per heavy atom. The molecule has 1 aromatic carbocycles. The third-order valence-corrected chi connectivity index (χ3v) is 4.62. The fourth-order valence-corrected chi connectivity index (χ4v) is 3.26. The summed E-state index contributed by atoms with van der Waals surface area (Å²) < 4.78 is 11.0. The summed E-state index contributed by atoms with van der Waals surface area (Å²) in [5.41, 5.74) is 0.874. The molecule has 0 spiro atoms. The van der Waals surface area contributed by atoms with E-state index in [1.54, 1.807) is 14.0 Å². The number of Topliss-reactive ketones (excluding diaryl/α,β-unsaturated/α-hetero) is 1. The predicted molar refractivity (Wildman–Crippen MR) is 88.1 cm³/mol. The summed E-state index contributed by atoms with van der Waals surface area (Å²) in [4.78, 5) is 24.4. The number of ketones is 1. The summed E-state index contributed by atoms with van der Waals surface area (Å²) in [6.45, 7) is 1.69. The third kappa shape index (κ3) is 3.22. The maximum atomic E-state index is 12.3. The molecule has 2 aromatic rings. The maximum Gasteiger partial charge on any atom is 0.308 e. The zero-order valence-corrected chi connectivity index (χ0v) is 13.9. The molecule has 118 valence electrons. The van der Waals surface area contributed by atoms with Gasteiger partial charge in [-0.2, -0.15) is 0 Å². The van der Waals surface area contributed by atoms with Crippen molar-refractivity contribution in [3.8, 4) is 5.75 Å². The van der Waals surface area contributed by atoms with Gasteiger partial charge in [0.2, 0.25) is 0 Å². The van der Waals surface area contributed by atoms with Crippen LogP contribution in [0.15, 0.2) is 18.2 Å². The highest BCUT2D eigenvalue weighted by Gasteiger charge is 2.20. The van der Waals surface area contributed by atoms with Crippen molar-refractivity contribution in [2.75, 3.05) is 26.6 Å². The highest BCUT2D eigenvalue weighted by Crippen LogP contribution is 2.35. The molecule has 0 saturated heterocycles. The van der Waals surface area contributed by atoms with Crippen molar-refractivity contribution >= 4 is 38.9 Å². The SMILES string of the molecule is CNc1cc2sc(C(=O)C[C@H](C)C(=O)OC)cc2cc1OC. The molecule has 2 rings (SSSR count). The first kappa shape index (κ1) is 16.3. The van der Waals surface area contributed by atoms with E-state index in [4.69, 9.17) is 4.74 Å². The van der Waals surface area contributed by atoms with Crippen LogP contribution in [0, 0.1) is 5.92 Å². The van der Waals surface area contributed by atoms with Crippen molar-refractivity contribution < 1.29 is 19.1 Å². The van der Waals surface area contributed by atoms with Crippen LogP contribution in [0.25, 0.3) is 10.1 Å².